The summed E-state index contributed by atoms with van der Waals surface area (Å²) in [5.74, 6) is 8.44. The van der Waals surface area contributed by atoms with Gasteiger partial charge in [-0.2, -0.15) is 0 Å². The van der Waals surface area contributed by atoms with Crippen LogP contribution in [0.2, 0.25) is 46.8 Å². The van der Waals surface area contributed by atoms with Crippen molar-refractivity contribution in [3.05, 3.63) is 0 Å². The molecule has 2 bridgehead atoms. The molecule has 7 aliphatic rings. The van der Waals surface area contributed by atoms with Crippen molar-refractivity contribution >= 4 is 31.9 Å². The monoisotopic (exact) mass is 989 g/mol. The predicted molar refractivity (Wildman–Crippen MR) is 291 cm³/mol. The Morgan fingerprint density at radius 1 is 0.597 bits per heavy atom. The Labute approximate surface area is 424 Å². The molecule has 67 heavy (non-hydrogen) atoms. The van der Waals surface area contributed by atoms with E-state index in [9.17, 15) is 15.3 Å². The third-order valence-corrected chi connectivity index (χ3v) is 33.8. The fourth-order valence-electron chi connectivity index (χ4n) is 16.8. The Hall–Kier alpha value is 0.726. The van der Waals surface area contributed by atoms with Crippen molar-refractivity contribution in [2.45, 2.75) is 266 Å². The van der Waals surface area contributed by atoms with Crippen LogP contribution < -0.4 is 0 Å². The van der Waals surface area contributed by atoms with Crippen LogP contribution in [0.4, 0.5) is 0 Å². The molecule has 7 rings (SSSR count). The van der Waals surface area contributed by atoms with Gasteiger partial charge in [0.25, 0.3) is 0 Å². The smallest absolute Gasteiger partial charge is 0.237 e. The second-order valence-corrected chi connectivity index (χ2v) is 41.9. The summed E-state index contributed by atoms with van der Waals surface area (Å²) in [5.41, 5.74) is -0.212. The summed E-state index contributed by atoms with van der Waals surface area (Å²) in [6.45, 7) is 52.3. The van der Waals surface area contributed by atoms with E-state index in [1.54, 1.807) is 0 Å². The zero-order valence-electron chi connectivity index (χ0n) is 48.3. The van der Waals surface area contributed by atoms with Crippen LogP contribution in [0.3, 0.4) is 0 Å². The lowest BCUT2D eigenvalue weighted by molar-refractivity contribution is -0.210. The molecule has 1 heterocycles. The molecule has 0 aromatic carbocycles. The van der Waals surface area contributed by atoms with Crippen LogP contribution in [0, 0.1) is 92.7 Å². The molecule has 19 atom stereocenters. The number of hydrogen-bond donors (Lipinski definition) is 3. The molecule has 392 valence electrons. The molecule has 1 aliphatic heterocycles. The summed E-state index contributed by atoms with van der Waals surface area (Å²) >= 11 is 0.316. The fourth-order valence-corrected chi connectivity index (χ4v) is 21.3. The second kappa shape index (κ2) is 21.2. The molecule has 0 amide bonds. The molecule has 1 saturated heterocycles. The van der Waals surface area contributed by atoms with Gasteiger partial charge in [0.05, 0.1) is 12.2 Å². The SMILES string of the molecule is CC(C)[CH2][AlH][CH2]C(C)C.C[C@H]1C[C@@H](C)[C@H]2C[C@H](O[Si](C)(C)C(C)(C)C)[C@@H]3[C@](C)(CO)C[C@H](O)C[C@@]3(C)[C@@H]2C1.C[C@H]1C[C@@H](C)[C@H]2C[C@H](O[Si](C)(C)C(C)(C)C)[C@H]3[C@@](C)(C[C@@H]4C[C@@]3(C)C(O)O4)[C@@H]2C1. The molecular formula is C58H113AlO6Si2. The van der Waals surface area contributed by atoms with Crippen LogP contribution >= 0.6 is 0 Å². The maximum atomic E-state index is 11.0. The molecule has 1 unspecified atom stereocenters. The number of fused-ring (bicyclic) bond motifs is 9. The molecule has 0 aromatic rings. The zero-order valence-corrected chi connectivity index (χ0v) is 51.7. The quantitative estimate of drug-likeness (QED) is 0.200. The van der Waals surface area contributed by atoms with Gasteiger partial charge < -0.3 is 28.9 Å². The standard InChI is InChI=1S/C25H46O3Si.C25H48O3Si.2C4H9.Al.H/c1-15-10-16(2)18-12-20(28-29(8,9)23(3,4)5)21-24(6,19(18)11-15)13-17-14-25(21,7)22(26)27-17;1-16-10-17(2)19-12-21(28-29(8,9)23(3,4)5)22-24(6,15-26)13-18(27)14-25(22,7)20(19)11-16;2*1-4(2)3;;/h15-22,26H,10-14H2,1-9H3;16-22,26-27H,10-15H2,1-9H3;2*4H,1H2,2-3H3;;/t15-,16+,17+,18+,19+,20-,21-,22?,24-,25+;16-,17+,18-,19+,20+,21-,22+,24-,25-;;;;/m00..../s1. The van der Waals surface area contributed by atoms with Gasteiger partial charge >= 0.3 is 0 Å². The van der Waals surface area contributed by atoms with E-state index < -0.39 is 22.9 Å². The zero-order chi connectivity index (χ0) is 50.8. The van der Waals surface area contributed by atoms with Gasteiger partial charge in [-0.1, -0.05) is 147 Å². The Bertz CT molecular complexity index is 1580. The lowest BCUT2D eigenvalue weighted by Gasteiger charge is -2.66. The highest BCUT2D eigenvalue weighted by Crippen LogP contribution is 2.70. The average Bonchev–Trinajstić information content (AvgIpc) is 3.38. The van der Waals surface area contributed by atoms with Gasteiger partial charge in [0.1, 0.15) is 0 Å². The van der Waals surface area contributed by atoms with E-state index in [0.29, 0.717) is 51.2 Å². The van der Waals surface area contributed by atoms with E-state index in [-0.39, 0.29) is 62.8 Å². The van der Waals surface area contributed by atoms with Gasteiger partial charge in [0.2, 0.25) is 15.2 Å². The van der Waals surface area contributed by atoms with Gasteiger partial charge in [-0.25, -0.2) is 0 Å². The lowest BCUT2D eigenvalue weighted by Crippen LogP contribution is -2.65. The van der Waals surface area contributed by atoms with Gasteiger partial charge in [-0.05, 0) is 176 Å². The summed E-state index contributed by atoms with van der Waals surface area (Å²) in [6.07, 6.45) is 11.0. The predicted octanol–water partition coefficient (Wildman–Crippen LogP) is 14.6. The van der Waals surface area contributed by atoms with Crippen molar-refractivity contribution in [2.75, 3.05) is 6.61 Å². The molecule has 9 heteroatoms. The normalized spacial score (nSPS) is 45.4. The number of aliphatic hydroxyl groups excluding tert-OH is 3. The largest absolute Gasteiger partial charge is 0.414 e. The van der Waals surface area contributed by atoms with E-state index in [0.717, 1.165) is 67.1 Å². The van der Waals surface area contributed by atoms with Crippen molar-refractivity contribution in [3.63, 3.8) is 0 Å². The van der Waals surface area contributed by atoms with Crippen LogP contribution in [0.15, 0.2) is 0 Å². The Morgan fingerprint density at radius 2 is 1.00 bits per heavy atom. The van der Waals surface area contributed by atoms with E-state index in [2.05, 4.69) is 151 Å². The van der Waals surface area contributed by atoms with Gasteiger partial charge in [0, 0.05) is 24.2 Å². The van der Waals surface area contributed by atoms with Crippen LogP contribution in [-0.2, 0) is 13.6 Å². The third-order valence-electron chi connectivity index (χ3n) is 21.7. The van der Waals surface area contributed by atoms with Crippen LogP contribution in [-0.4, -0.2) is 84.5 Å². The molecule has 3 N–H and O–H groups in total. The topological polar surface area (TPSA) is 88.4 Å². The van der Waals surface area contributed by atoms with Gasteiger partial charge in [-0.15, -0.1) is 0 Å². The first-order chi connectivity index (χ1) is 30.5. The molecule has 0 aromatic heterocycles. The summed E-state index contributed by atoms with van der Waals surface area (Å²) in [5, 5.41) is 35.9. The highest BCUT2D eigenvalue weighted by Gasteiger charge is 2.69. The Balaban J connectivity index is 0.000000213. The van der Waals surface area contributed by atoms with Crippen molar-refractivity contribution in [2.24, 2.45) is 92.7 Å². The minimum atomic E-state index is -1.93. The first kappa shape index (κ1) is 58.6. The maximum absolute atomic E-state index is 11.0. The highest BCUT2D eigenvalue weighted by atomic mass is 28.4. The van der Waals surface area contributed by atoms with Crippen molar-refractivity contribution in [1.82, 2.24) is 0 Å². The Morgan fingerprint density at radius 3 is 1.40 bits per heavy atom. The van der Waals surface area contributed by atoms with E-state index in [1.807, 2.05) is 0 Å². The lowest BCUT2D eigenvalue weighted by atomic mass is 9.42. The maximum Gasteiger partial charge on any atom is 0.237 e. The van der Waals surface area contributed by atoms with E-state index in [1.165, 1.54) is 42.7 Å². The summed E-state index contributed by atoms with van der Waals surface area (Å²) in [4.78, 5) is 0. The van der Waals surface area contributed by atoms with Crippen molar-refractivity contribution in [3.8, 4) is 0 Å². The molecule has 0 spiro atoms. The minimum absolute atomic E-state index is 0.0357. The molecule has 6 nitrogen and oxygen atoms in total. The summed E-state index contributed by atoms with van der Waals surface area (Å²) in [7, 11) is -3.83. The summed E-state index contributed by atoms with van der Waals surface area (Å²) in [6, 6.07) is 0. The van der Waals surface area contributed by atoms with E-state index >= 15 is 0 Å². The van der Waals surface area contributed by atoms with Crippen LogP contribution in [0.25, 0.3) is 0 Å². The van der Waals surface area contributed by atoms with Crippen LogP contribution in [0.1, 0.15) is 189 Å². The number of aliphatic hydroxyl groups is 3. The molecule has 0 radical (unpaired) electrons. The van der Waals surface area contributed by atoms with Crippen LogP contribution in [0.5, 0.6) is 0 Å². The first-order valence-electron chi connectivity index (χ1n) is 28.4. The molecular weight excluding hydrogens is 876 g/mol. The van der Waals surface area contributed by atoms with Gasteiger partial charge in [0.15, 0.2) is 22.9 Å². The van der Waals surface area contributed by atoms with Crippen molar-refractivity contribution in [1.29, 1.82) is 0 Å². The first-order valence-corrected chi connectivity index (χ1v) is 36.3. The molecule has 7 fully saturated rings. The third kappa shape index (κ3) is 12.1. The fraction of sp³-hybridized carbons (Fsp3) is 1.00. The minimum Gasteiger partial charge on any atom is -0.414 e. The summed E-state index contributed by atoms with van der Waals surface area (Å²) < 4.78 is 20.6. The number of rotatable bonds is 9. The average molecular weight is 990 g/mol. The Kier molecular flexibility index (Phi) is 18.5. The molecule has 6 aliphatic carbocycles. The van der Waals surface area contributed by atoms with Crippen molar-refractivity contribution < 1.29 is 28.9 Å². The van der Waals surface area contributed by atoms with E-state index in [4.69, 9.17) is 13.6 Å². The molecule has 6 saturated carbocycles. The second-order valence-electron chi connectivity index (χ2n) is 30.5. The number of ether oxygens (including phenoxy) is 1. The van der Waals surface area contributed by atoms with Gasteiger partial charge in [-0.3, -0.25) is 0 Å². The number of hydrogen-bond acceptors (Lipinski definition) is 6. The highest BCUT2D eigenvalue weighted by molar-refractivity contribution is 6.74.